The Kier molecular flexibility index (Phi) is 5.16. The van der Waals surface area contributed by atoms with E-state index in [1.807, 2.05) is 6.07 Å². The van der Waals surface area contributed by atoms with Gasteiger partial charge in [0, 0.05) is 6.92 Å². The summed E-state index contributed by atoms with van der Waals surface area (Å²) in [6.07, 6.45) is 4.11. The Morgan fingerprint density at radius 3 is 2.64 bits per heavy atom. The molecule has 7 nitrogen and oxygen atoms in total. The van der Waals surface area contributed by atoms with Gasteiger partial charge in [-0.25, -0.2) is 0 Å². The first-order valence-electron chi connectivity index (χ1n) is 6.74. The maximum Gasteiger partial charge on any atom is 0.243 e. The Morgan fingerprint density at radius 2 is 1.95 bits per heavy atom. The van der Waals surface area contributed by atoms with E-state index in [-0.39, 0.29) is 18.4 Å². The Labute approximate surface area is 128 Å². The van der Waals surface area contributed by atoms with Crippen molar-refractivity contribution >= 4 is 23.2 Å². The van der Waals surface area contributed by atoms with Crippen LogP contribution in [0.15, 0.2) is 48.4 Å². The Hall–Kier alpha value is -2.80. The zero-order chi connectivity index (χ0) is 15.9. The molecule has 7 heteroatoms. The predicted molar refractivity (Wildman–Crippen MR) is 83.7 cm³/mol. The Morgan fingerprint density at radius 1 is 1.23 bits per heavy atom. The van der Waals surface area contributed by atoms with Gasteiger partial charge in [-0.3, -0.25) is 15.3 Å². The topological polar surface area (TPSA) is 105 Å². The van der Waals surface area contributed by atoms with Crippen LogP contribution in [0, 0.1) is 0 Å². The van der Waals surface area contributed by atoms with Crippen LogP contribution in [0.2, 0.25) is 0 Å². The average molecular weight is 302 g/mol. The molecular weight excluding hydrogens is 284 g/mol. The predicted octanol–water partition coefficient (Wildman–Crippen LogP) is 0.886. The lowest BCUT2D eigenvalue weighted by Crippen LogP contribution is -2.39. The van der Waals surface area contributed by atoms with Gasteiger partial charge in [0.05, 0.1) is 29.9 Å². The van der Waals surface area contributed by atoms with Gasteiger partial charge in [-0.2, -0.15) is 0 Å². The zero-order valence-electron chi connectivity index (χ0n) is 12.1. The quantitative estimate of drug-likeness (QED) is 0.646. The van der Waals surface area contributed by atoms with E-state index in [0.29, 0.717) is 17.1 Å². The molecule has 1 aliphatic heterocycles. The lowest BCUT2D eigenvalue weighted by atomic mass is 10.2. The van der Waals surface area contributed by atoms with Crippen molar-refractivity contribution in [2.24, 2.45) is 5.73 Å². The number of anilines is 2. The van der Waals surface area contributed by atoms with E-state index >= 15 is 0 Å². The summed E-state index contributed by atoms with van der Waals surface area (Å²) in [5.74, 6) is -0.445. The summed E-state index contributed by atoms with van der Waals surface area (Å²) in [4.78, 5) is 23.1. The van der Waals surface area contributed by atoms with E-state index in [0.717, 1.165) is 0 Å². The maximum absolute atomic E-state index is 11.9. The van der Waals surface area contributed by atoms with Crippen LogP contribution in [0.25, 0.3) is 0 Å². The molecule has 0 bridgehead atoms. The molecule has 2 rings (SSSR count). The third-order valence-electron chi connectivity index (χ3n) is 2.85. The van der Waals surface area contributed by atoms with Crippen LogP contribution in [0.4, 0.5) is 11.4 Å². The van der Waals surface area contributed by atoms with Crippen molar-refractivity contribution in [1.82, 2.24) is 5.32 Å². The number of nitrogens with two attached hydrogens (primary N) is 1. The van der Waals surface area contributed by atoms with Gasteiger partial charge >= 0.3 is 0 Å². The number of carbonyl (C=O) groups is 2. The fourth-order valence-electron chi connectivity index (χ4n) is 1.87. The van der Waals surface area contributed by atoms with Crippen molar-refractivity contribution in [3.05, 3.63) is 48.4 Å². The molecule has 1 atom stereocenters. The number of hydrogen-bond donors (Lipinski definition) is 4. The van der Waals surface area contributed by atoms with Crippen LogP contribution < -0.4 is 21.7 Å². The van der Waals surface area contributed by atoms with Crippen molar-refractivity contribution in [2.75, 3.05) is 17.2 Å². The summed E-state index contributed by atoms with van der Waals surface area (Å²) < 4.78 is 5.06. The minimum atomic E-state index is -0.680. The second kappa shape index (κ2) is 7.28. The van der Waals surface area contributed by atoms with Crippen molar-refractivity contribution in [1.29, 1.82) is 0 Å². The molecule has 1 heterocycles. The van der Waals surface area contributed by atoms with Crippen LogP contribution >= 0.6 is 0 Å². The first-order chi connectivity index (χ1) is 10.6. The second-order valence-corrected chi connectivity index (χ2v) is 4.64. The Balaban J connectivity index is 1.92. The highest BCUT2D eigenvalue weighted by Gasteiger charge is 2.14. The maximum atomic E-state index is 11.9. The molecule has 0 aliphatic carbocycles. The minimum Gasteiger partial charge on any atom is -0.477 e. The summed E-state index contributed by atoms with van der Waals surface area (Å²) in [6.45, 7) is 1.46. The number of carbonyl (C=O) groups excluding carboxylic acids is 2. The Bertz CT molecular complexity index is 625. The molecule has 0 fully saturated rings. The summed E-state index contributed by atoms with van der Waals surface area (Å²) in [5.41, 5.74) is 7.45. The lowest BCUT2D eigenvalue weighted by molar-refractivity contribution is -0.119. The van der Waals surface area contributed by atoms with Crippen molar-refractivity contribution in [3.63, 3.8) is 0 Å². The lowest BCUT2D eigenvalue weighted by Gasteiger charge is -2.19. The molecule has 5 N–H and O–H groups in total. The summed E-state index contributed by atoms with van der Waals surface area (Å²) >= 11 is 0. The SMILES string of the molecule is CC(=O)Nc1ccccc1NCC(=O)NC1=CC=COC1N. The van der Waals surface area contributed by atoms with E-state index in [2.05, 4.69) is 16.0 Å². The van der Waals surface area contributed by atoms with Gasteiger partial charge in [-0.05, 0) is 24.3 Å². The summed E-state index contributed by atoms with van der Waals surface area (Å²) in [7, 11) is 0. The number of allylic oxidation sites excluding steroid dienone is 2. The number of nitrogens with one attached hydrogen (secondary N) is 3. The molecule has 116 valence electrons. The average Bonchev–Trinajstić information content (AvgIpc) is 2.48. The monoisotopic (exact) mass is 302 g/mol. The first kappa shape index (κ1) is 15.6. The summed E-state index contributed by atoms with van der Waals surface area (Å²) in [5, 5.41) is 8.33. The molecule has 0 saturated carbocycles. The number of hydrogen-bond acceptors (Lipinski definition) is 5. The molecule has 1 aliphatic rings. The largest absolute Gasteiger partial charge is 0.477 e. The van der Waals surface area contributed by atoms with Gasteiger partial charge in [0.1, 0.15) is 0 Å². The van der Waals surface area contributed by atoms with Gasteiger partial charge in [-0.15, -0.1) is 0 Å². The molecule has 2 amide bonds. The highest BCUT2D eigenvalue weighted by atomic mass is 16.5. The van der Waals surface area contributed by atoms with Gasteiger partial charge in [0.15, 0.2) is 6.23 Å². The molecule has 0 spiro atoms. The summed E-state index contributed by atoms with van der Waals surface area (Å²) in [6, 6.07) is 7.13. The van der Waals surface area contributed by atoms with Crippen LogP contribution in [-0.2, 0) is 14.3 Å². The van der Waals surface area contributed by atoms with Gasteiger partial charge in [0.2, 0.25) is 11.8 Å². The number of ether oxygens (including phenoxy) is 1. The van der Waals surface area contributed by atoms with E-state index in [4.69, 9.17) is 10.5 Å². The molecule has 1 unspecified atom stereocenters. The fourth-order valence-corrected chi connectivity index (χ4v) is 1.87. The van der Waals surface area contributed by atoms with E-state index in [1.54, 1.807) is 30.4 Å². The highest BCUT2D eigenvalue weighted by molar-refractivity contribution is 5.93. The van der Waals surface area contributed by atoms with Crippen molar-refractivity contribution < 1.29 is 14.3 Å². The second-order valence-electron chi connectivity index (χ2n) is 4.64. The smallest absolute Gasteiger partial charge is 0.243 e. The number of rotatable bonds is 5. The third kappa shape index (κ3) is 4.35. The number of benzene rings is 1. The first-order valence-corrected chi connectivity index (χ1v) is 6.74. The van der Waals surface area contributed by atoms with Gasteiger partial charge in [-0.1, -0.05) is 12.1 Å². The van der Waals surface area contributed by atoms with Gasteiger partial charge in [0.25, 0.3) is 0 Å². The van der Waals surface area contributed by atoms with E-state index in [1.165, 1.54) is 13.2 Å². The van der Waals surface area contributed by atoms with Crippen molar-refractivity contribution in [3.8, 4) is 0 Å². The molecule has 1 aromatic carbocycles. The molecular formula is C15H18N4O3. The van der Waals surface area contributed by atoms with Crippen LogP contribution in [-0.4, -0.2) is 24.6 Å². The molecule has 0 aromatic heterocycles. The van der Waals surface area contributed by atoms with Crippen LogP contribution in [0.3, 0.4) is 0 Å². The molecule has 0 radical (unpaired) electrons. The molecule has 1 aromatic rings. The van der Waals surface area contributed by atoms with E-state index in [9.17, 15) is 9.59 Å². The molecule has 22 heavy (non-hydrogen) atoms. The highest BCUT2D eigenvalue weighted by Crippen LogP contribution is 2.20. The van der Waals surface area contributed by atoms with E-state index < -0.39 is 6.23 Å². The fraction of sp³-hybridized carbons (Fsp3) is 0.200. The minimum absolute atomic E-state index is 0.0321. The standard InChI is InChI=1S/C15H18N4O3/c1-10(20)18-12-6-3-2-5-11(12)17-9-14(21)19-13-7-4-8-22-15(13)16/h2-8,15,17H,9,16H2,1H3,(H,18,20)(H,19,21). The number of amides is 2. The van der Waals surface area contributed by atoms with Crippen molar-refractivity contribution in [2.45, 2.75) is 13.2 Å². The van der Waals surface area contributed by atoms with Gasteiger partial charge < -0.3 is 20.7 Å². The number of para-hydroxylation sites is 2. The normalized spacial score (nSPS) is 16.3. The van der Waals surface area contributed by atoms with Crippen LogP contribution in [0.1, 0.15) is 6.92 Å². The third-order valence-corrected chi connectivity index (χ3v) is 2.85. The van der Waals surface area contributed by atoms with Crippen LogP contribution in [0.5, 0.6) is 0 Å². The molecule has 0 saturated heterocycles. The zero-order valence-corrected chi connectivity index (χ0v) is 12.1.